The van der Waals surface area contributed by atoms with E-state index in [2.05, 4.69) is 9.80 Å². The van der Waals surface area contributed by atoms with E-state index in [0.29, 0.717) is 0 Å². The molecule has 0 amide bonds. The second-order valence-electron chi connectivity index (χ2n) is 3.54. The van der Waals surface area contributed by atoms with Gasteiger partial charge in [-0.15, -0.1) is 0 Å². The molecule has 12 heavy (non-hydrogen) atoms. The summed E-state index contributed by atoms with van der Waals surface area (Å²) < 4.78 is 11.3. The molecule has 0 aromatic carbocycles. The summed E-state index contributed by atoms with van der Waals surface area (Å²) in [6.07, 6.45) is 1.66. The maximum Gasteiger partial charge on any atom is 0.0744 e. The lowest BCUT2D eigenvalue weighted by Crippen LogP contribution is -2.18. The van der Waals surface area contributed by atoms with Gasteiger partial charge in [-0.1, -0.05) is 0 Å². The van der Waals surface area contributed by atoms with Gasteiger partial charge in [-0.05, 0) is 28.2 Å². The smallest absolute Gasteiger partial charge is 0.0744 e. The molecule has 0 spiro atoms. The molecule has 0 aliphatic carbocycles. The first-order chi connectivity index (χ1) is 5.52. The highest BCUT2D eigenvalue weighted by atomic mass is 31.1. The van der Waals surface area contributed by atoms with Gasteiger partial charge >= 0.3 is 0 Å². The van der Waals surface area contributed by atoms with Crippen molar-refractivity contribution in [1.82, 2.24) is 9.80 Å². The van der Waals surface area contributed by atoms with Gasteiger partial charge in [0.05, 0.1) is 7.80 Å². The van der Waals surface area contributed by atoms with E-state index in [9.17, 15) is 4.57 Å². The zero-order valence-corrected chi connectivity index (χ0v) is 9.47. The molecule has 0 bridgehead atoms. The molecule has 0 N–H and O–H groups in total. The van der Waals surface area contributed by atoms with Crippen LogP contribution < -0.4 is 0 Å². The highest BCUT2D eigenvalue weighted by Gasteiger charge is 2.01. The van der Waals surface area contributed by atoms with Gasteiger partial charge in [0.25, 0.3) is 0 Å². The molecule has 0 fully saturated rings. The van der Waals surface area contributed by atoms with Crippen LogP contribution >= 0.6 is 7.80 Å². The molecule has 0 atom stereocenters. The van der Waals surface area contributed by atoms with E-state index in [0.717, 1.165) is 25.4 Å². The molecular formula is C8H20N2OP. The SMILES string of the molecule is CN(C)CC[P](=O)CCN(C)C. The van der Waals surface area contributed by atoms with E-state index >= 15 is 0 Å². The maximum atomic E-state index is 11.3. The lowest BCUT2D eigenvalue weighted by atomic mass is 10.7. The van der Waals surface area contributed by atoms with Gasteiger partial charge in [-0.25, -0.2) is 0 Å². The van der Waals surface area contributed by atoms with Crippen LogP contribution in [0.1, 0.15) is 0 Å². The van der Waals surface area contributed by atoms with E-state index in [-0.39, 0.29) is 0 Å². The van der Waals surface area contributed by atoms with Gasteiger partial charge < -0.3 is 9.80 Å². The van der Waals surface area contributed by atoms with E-state index in [1.807, 2.05) is 28.2 Å². The van der Waals surface area contributed by atoms with Crippen LogP contribution in [0.2, 0.25) is 0 Å². The summed E-state index contributed by atoms with van der Waals surface area (Å²) in [5, 5.41) is 0. The predicted molar refractivity (Wildman–Crippen MR) is 54.4 cm³/mol. The average molecular weight is 191 g/mol. The normalized spacial score (nSPS) is 11.2. The van der Waals surface area contributed by atoms with E-state index in [1.165, 1.54) is 0 Å². The van der Waals surface area contributed by atoms with Crippen LogP contribution in [0.5, 0.6) is 0 Å². The fourth-order valence-electron chi connectivity index (χ4n) is 0.735. The standard InChI is InChI=1S/C8H20N2OP/c1-9(2)5-7-12(11)8-6-10(3)4/h5-8H2,1-4H3. The molecule has 4 heteroatoms. The number of nitrogens with zero attached hydrogens (tertiary/aromatic N) is 2. The molecule has 0 aromatic rings. The zero-order chi connectivity index (χ0) is 9.56. The fraction of sp³-hybridized carbons (Fsp3) is 1.00. The Bertz CT molecular complexity index is 123. The first kappa shape index (κ1) is 12.0. The number of hydrogen-bond donors (Lipinski definition) is 0. The van der Waals surface area contributed by atoms with Crippen molar-refractivity contribution in [3.63, 3.8) is 0 Å². The Balaban J connectivity index is 3.34. The van der Waals surface area contributed by atoms with Crippen LogP contribution in [0.4, 0.5) is 0 Å². The first-order valence-electron chi connectivity index (χ1n) is 4.24. The summed E-state index contributed by atoms with van der Waals surface area (Å²) in [6, 6.07) is 0. The van der Waals surface area contributed by atoms with Crippen LogP contribution in [0.15, 0.2) is 0 Å². The molecular weight excluding hydrogens is 171 g/mol. The fourth-order valence-corrected chi connectivity index (χ4v) is 2.20. The van der Waals surface area contributed by atoms with Gasteiger partial charge in [0.1, 0.15) is 0 Å². The predicted octanol–water partition coefficient (Wildman–Crippen LogP) is 0.937. The molecule has 0 heterocycles. The van der Waals surface area contributed by atoms with E-state index in [1.54, 1.807) is 0 Å². The summed E-state index contributed by atoms with van der Waals surface area (Å²) in [5.41, 5.74) is 0. The monoisotopic (exact) mass is 191 g/mol. The van der Waals surface area contributed by atoms with Crippen LogP contribution in [-0.4, -0.2) is 63.4 Å². The number of hydrogen-bond acceptors (Lipinski definition) is 3. The Morgan fingerprint density at radius 1 is 0.917 bits per heavy atom. The van der Waals surface area contributed by atoms with Gasteiger partial charge in [0.15, 0.2) is 0 Å². The van der Waals surface area contributed by atoms with Crippen LogP contribution in [-0.2, 0) is 4.57 Å². The minimum Gasteiger partial charge on any atom is -0.309 e. The van der Waals surface area contributed by atoms with Crippen molar-refractivity contribution in [3.05, 3.63) is 0 Å². The molecule has 0 rings (SSSR count). The lowest BCUT2D eigenvalue weighted by Gasteiger charge is -2.10. The summed E-state index contributed by atoms with van der Waals surface area (Å²) >= 11 is 0. The molecule has 0 unspecified atom stereocenters. The third-order valence-corrected chi connectivity index (χ3v) is 2.99. The second-order valence-corrected chi connectivity index (χ2v) is 5.39. The van der Waals surface area contributed by atoms with E-state index in [4.69, 9.17) is 0 Å². The van der Waals surface area contributed by atoms with Crippen molar-refractivity contribution in [2.24, 2.45) is 0 Å². The zero-order valence-electron chi connectivity index (χ0n) is 8.58. The van der Waals surface area contributed by atoms with Gasteiger partial charge in [0, 0.05) is 25.4 Å². The van der Waals surface area contributed by atoms with Crippen molar-refractivity contribution >= 4 is 7.80 Å². The van der Waals surface area contributed by atoms with Gasteiger partial charge in [-0.2, -0.15) is 0 Å². The summed E-state index contributed by atoms with van der Waals surface area (Å²) in [5.74, 6) is 0. The maximum absolute atomic E-state index is 11.3. The van der Waals surface area contributed by atoms with Crippen molar-refractivity contribution in [2.45, 2.75) is 0 Å². The average Bonchev–Trinajstić information content (AvgIpc) is 1.96. The minimum atomic E-state index is -0.979. The molecule has 1 radical (unpaired) electrons. The Morgan fingerprint density at radius 3 is 1.50 bits per heavy atom. The van der Waals surface area contributed by atoms with E-state index < -0.39 is 7.80 Å². The third-order valence-electron chi connectivity index (χ3n) is 1.59. The topological polar surface area (TPSA) is 23.6 Å². The lowest BCUT2D eigenvalue weighted by molar-refractivity contribution is 0.425. The summed E-state index contributed by atoms with van der Waals surface area (Å²) in [6.45, 7) is 1.87. The molecule has 0 saturated heterocycles. The van der Waals surface area contributed by atoms with Crippen molar-refractivity contribution in [2.75, 3.05) is 53.6 Å². The van der Waals surface area contributed by atoms with Crippen molar-refractivity contribution in [3.8, 4) is 0 Å². The molecule has 73 valence electrons. The van der Waals surface area contributed by atoms with Crippen molar-refractivity contribution < 1.29 is 4.57 Å². The highest BCUT2D eigenvalue weighted by molar-refractivity contribution is 7.44. The minimum absolute atomic E-state index is 0.830. The first-order valence-corrected chi connectivity index (χ1v) is 5.87. The van der Waals surface area contributed by atoms with Crippen LogP contribution in [0.3, 0.4) is 0 Å². The Labute approximate surface area is 76.5 Å². The molecule has 0 aromatic heterocycles. The quantitative estimate of drug-likeness (QED) is 0.584. The Hall–Kier alpha value is 0.0200. The Morgan fingerprint density at radius 2 is 1.25 bits per heavy atom. The van der Waals surface area contributed by atoms with Crippen LogP contribution in [0.25, 0.3) is 0 Å². The molecule has 0 saturated carbocycles. The summed E-state index contributed by atoms with van der Waals surface area (Å²) in [7, 11) is 7.06. The molecule has 0 aliphatic rings. The second kappa shape index (κ2) is 6.53. The molecule has 0 aliphatic heterocycles. The van der Waals surface area contributed by atoms with Gasteiger partial charge in [-0.3, -0.25) is 4.57 Å². The third kappa shape index (κ3) is 8.12. The highest BCUT2D eigenvalue weighted by Crippen LogP contribution is 2.18. The summed E-state index contributed by atoms with van der Waals surface area (Å²) in [4.78, 5) is 4.14. The number of rotatable bonds is 6. The largest absolute Gasteiger partial charge is 0.309 e. The molecule has 3 nitrogen and oxygen atoms in total. The Kier molecular flexibility index (Phi) is 6.54. The van der Waals surface area contributed by atoms with Crippen molar-refractivity contribution in [1.29, 1.82) is 0 Å². The van der Waals surface area contributed by atoms with Crippen LogP contribution in [0, 0.1) is 0 Å². The van der Waals surface area contributed by atoms with Gasteiger partial charge in [0.2, 0.25) is 0 Å².